The fourth-order valence-electron chi connectivity index (χ4n) is 1.08. The van der Waals surface area contributed by atoms with Gasteiger partial charge in [0.2, 0.25) is 0 Å². The molecular weight excluding hydrogens is 222 g/mol. The van der Waals surface area contributed by atoms with Gasteiger partial charge < -0.3 is 14.8 Å². The molecule has 5 heteroatoms. The second kappa shape index (κ2) is 7.14. The average Bonchev–Trinajstić information content (AvgIpc) is 2.24. The van der Waals surface area contributed by atoms with Crippen LogP contribution in [-0.2, 0) is 14.3 Å². The van der Waals surface area contributed by atoms with Crippen molar-refractivity contribution in [2.45, 2.75) is 46.8 Å². The summed E-state index contributed by atoms with van der Waals surface area (Å²) in [6.07, 6.45) is -0.805. The molecule has 2 unspecified atom stereocenters. The topological polar surface area (TPSA) is 64.6 Å². The van der Waals surface area contributed by atoms with E-state index >= 15 is 0 Å². The number of amides is 1. The van der Waals surface area contributed by atoms with Crippen molar-refractivity contribution in [3.8, 4) is 0 Å². The van der Waals surface area contributed by atoms with E-state index in [1.165, 1.54) is 7.11 Å². The Labute approximate surface area is 103 Å². The molecule has 100 valence electrons. The monoisotopic (exact) mass is 245 g/mol. The van der Waals surface area contributed by atoms with Crippen LogP contribution in [0.5, 0.6) is 0 Å². The predicted molar refractivity (Wildman–Crippen MR) is 64.6 cm³/mol. The van der Waals surface area contributed by atoms with Gasteiger partial charge in [-0.2, -0.15) is 0 Å². The summed E-state index contributed by atoms with van der Waals surface area (Å²) in [6.45, 7) is 9.44. The smallest absolute Gasteiger partial charge is 0.407 e. The lowest BCUT2D eigenvalue weighted by atomic mass is 10.0. The number of carbonyl (C=O) groups is 2. The van der Waals surface area contributed by atoms with Gasteiger partial charge in [-0.1, -0.05) is 27.7 Å². The van der Waals surface area contributed by atoms with Crippen molar-refractivity contribution in [3.05, 3.63) is 0 Å². The molecule has 0 aliphatic rings. The van der Waals surface area contributed by atoms with Crippen LogP contribution >= 0.6 is 0 Å². The van der Waals surface area contributed by atoms with Gasteiger partial charge in [0.15, 0.2) is 0 Å². The van der Waals surface area contributed by atoms with Crippen molar-refractivity contribution in [2.24, 2.45) is 11.8 Å². The first-order valence-corrected chi connectivity index (χ1v) is 5.84. The summed E-state index contributed by atoms with van der Waals surface area (Å²) in [6, 6.07) is -0.677. The molecule has 0 heterocycles. The molecule has 1 N–H and O–H groups in total. The highest BCUT2D eigenvalue weighted by atomic mass is 16.6. The lowest BCUT2D eigenvalue weighted by molar-refractivity contribution is -0.153. The maximum atomic E-state index is 11.9. The number of methoxy groups -OCH3 is 1. The number of alkyl carbamates (subject to hydrolysis) is 1. The molecule has 0 rings (SSSR count). The quantitative estimate of drug-likeness (QED) is 0.752. The molecule has 0 radical (unpaired) electrons. The molecule has 0 bridgehead atoms. The largest absolute Gasteiger partial charge is 0.461 e. The minimum absolute atomic E-state index is 0.0547. The van der Waals surface area contributed by atoms with Gasteiger partial charge in [-0.3, -0.25) is 0 Å². The zero-order valence-corrected chi connectivity index (χ0v) is 11.4. The molecule has 0 aromatic heterocycles. The number of nitrogens with one attached hydrogen (secondary N) is 1. The third-order valence-electron chi connectivity index (χ3n) is 2.62. The first kappa shape index (κ1) is 15.7. The average molecular weight is 245 g/mol. The highest BCUT2D eigenvalue weighted by molar-refractivity contribution is 5.81. The molecule has 2 atom stereocenters. The minimum Gasteiger partial charge on any atom is -0.461 e. The summed E-state index contributed by atoms with van der Waals surface area (Å²) in [5, 5.41) is 2.47. The van der Waals surface area contributed by atoms with E-state index in [9.17, 15) is 9.59 Å². The van der Waals surface area contributed by atoms with Crippen molar-refractivity contribution >= 4 is 12.1 Å². The van der Waals surface area contributed by atoms with Crippen LogP contribution in [0.2, 0.25) is 0 Å². The maximum Gasteiger partial charge on any atom is 0.407 e. The summed E-state index contributed by atoms with van der Waals surface area (Å²) in [7, 11) is 1.26. The summed E-state index contributed by atoms with van der Waals surface area (Å²) >= 11 is 0. The van der Waals surface area contributed by atoms with Crippen molar-refractivity contribution in [2.75, 3.05) is 7.11 Å². The predicted octanol–water partition coefficient (Wildman–Crippen LogP) is 1.95. The number of rotatable bonds is 5. The maximum absolute atomic E-state index is 11.9. The van der Waals surface area contributed by atoms with Gasteiger partial charge in [-0.25, -0.2) is 9.59 Å². The van der Waals surface area contributed by atoms with E-state index in [1.54, 1.807) is 0 Å². The zero-order valence-electron chi connectivity index (χ0n) is 11.4. The van der Waals surface area contributed by atoms with E-state index in [-0.39, 0.29) is 17.9 Å². The van der Waals surface area contributed by atoms with E-state index < -0.39 is 18.1 Å². The van der Waals surface area contributed by atoms with E-state index in [4.69, 9.17) is 4.74 Å². The third kappa shape index (κ3) is 5.56. The normalized spacial score (nSPS) is 14.4. The third-order valence-corrected chi connectivity index (χ3v) is 2.62. The van der Waals surface area contributed by atoms with Gasteiger partial charge in [0.1, 0.15) is 12.1 Å². The molecule has 5 nitrogen and oxygen atoms in total. The molecule has 0 saturated heterocycles. The molecule has 0 spiro atoms. The number of hydrogen-bond acceptors (Lipinski definition) is 4. The molecule has 0 aliphatic carbocycles. The van der Waals surface area contributed by atoms with Crippen molar-refractivity contribution < 1.29 is 19.1 Å². The van der Waals surface area contributed by atoms with Crippen LogP contribution in [-0.4, -0.2) is 31.3 Å². The first-order chi connectivity index (χ1) is 7.79. The number of carbonyl (C=O) groups excluding carboxylic acids is 2. The summed E-state index contributed by atoms with van der Waals surface area (Å²) in [4.78, 5) is 23.0. The number of hydrogen-bond donors (Lipinski definition) is 1. The second-order valence-electron chi connectivity index (χ2n) is 4.74. The number of ether oxygens (including phenoxy) is 2. The Bertz CT molecular complexity index is 263. The highest BCUT2D eigenvalue weighted by Gasteiger charge is 2.27. The van der Waals surface area contributed by atoms with E-state index in [1.807, 2.05) is 34.6 Å². The van der Waals surface area contributed by atoms with E-state index in [2.05, 4.69) is 10.1 Å². The molecule has 17 heavy (non-hydrogen) atoms. The van der Waals surface area contributed by atoms with E-state index in [0.717, 1.165) is 0 Å². The molecule has 0 saturated carbocycles. The molecule has 0 fully saturated rings. The first-order valence-electron chi connectivity index (χ1n) is 5.84. The van der Waals surface area contributed by atoms with Crippen molar-refractivity contribution in [1.29, 1.82) is 0 Å². The Morgan fingerprint density at radius 1 is 1.00 bits per heavy atom. The minimum atomic E-state index is -0.677. The second-order valence-corrected chi connectivity index (χ2v) is 4.74. The van der Waals surface area contributed by atoms with Crippen LogP contribution in [0, 0.1) is 11.8 Å². The van der Waals surface area contributed by atoms with Crippen molar-refractivity contribution in [3.63, 3.8) is 0 Å². The molecule has 0 aromatic carbocycles. The molecule has 1 amide bonds. The lowest BCUT2D eigenvalue weighted by Gasteiger charge is -2.24. The Kier molecular flexibility index (Phi) is 6.61. The van der Waals surface area contributed by atoms with Gasteiger partial charge in [-0.15, -0.1) is 0 Å². The Morgan fingerprint density at radius 3 is 1.88 bits per heavy atom. The Morgan fingerprint density at radius 2 is 1.53 bits per heavy atom. The summed E-state index contributed by atoms with van der Waals surface area (Å²) in [5.74, 6) is -0.238. The molecule has 0 aromatic rings. The van der Waals surface area contributed by atoms with Gasteiger partial charge >= 0.3 is 12.1 Å². The van der Waals surface area contributed by atoms with Crippen LogP contribution in [0.25, 0.3) is 0 Å². The zero-order chi connectivity index (χ0) is 13.6. The molecule has 0 aliphatic heterocycles. The fourth-order valence-corrected chi connectivity index (χ4v) is 1.08. The Balaban J connectivity index is 4.50. The van der Waals surface area contributed by atoms with Crippen LogP contribution < -0.4 is 5.32 Å². The highest BCUT2D eigenvalue weighted by Crippen LogP contribution is 2.10. The number of esters is 1. The standard InChI is InChI=1S/C12H23NO4/c1-7(2)9(5)17-11(14)10(8(3)4)13-12(15)16-6/h7-10H,1-6H3,(H,13,15). The summed E-state index contributed by atoms with van der Waals surface area (Å²) in [5.41, 5.74) is 0. The van der Waals surface area contributed by atoms with Gasteiger partial charge in [0, 0.05) is 0 Å². The molecular formula is C12H23NO4. The van der Waals surface area contributed by atoms with Crippen LogP contribution in [0.1, 0.15) is 34.6 Å². The fraction of sp³-hybridized carbons (Fsp3) is 0.833. The van der Waals surface area contributed by atoms with Crippen LogP contribution in [0.3, 0.4) is 0 Å². The SMILES string of the molecule is COC(=O)NC(C(=O)OC(C)C(C)C)C(C)C. The van der Waals surface area contributed by atoms with Crippen molar-refractivity contribution in [1.82, 2.24) is 5.32 Å². The van der Waals surface area contributed by atoms with E-state index in [0.29, 0.717) is 0 Å². The van der Waals surface area contributed by atoms with Crippen LogP contribution in [0.15, 0.2) is 0 Å². The summed E-state index contributed by atoms with van der Waals surface area (Å²) < 4.78 is 9.75. The van der Waals surface area contributed by atoms with Gasteiger partial charge in [0.25, 0.3) is 0 Å². The van der Waals surface area contributed by atoms with Gasteiger partial charge in [0.05, 0.1) is 7.11 Å². The van der Waals surface area contributed by atoms with Crippen LogP contribution in [0.4, 0.5) is 4.79 Å². The van der Waals surface area contributed by atoms with Gasteiger partial charge in [-0.05, 0) is 18.8 Å². The lowest BCUT2D eigenvalue weighted by Crippen LogP contribution is -2.46. The Hall–Kier alpha value is -1.26.